The van der Waals surface area contributed by atoms with Gasteiger partial charge in [-0.1, -0.05) is 26.7 Å². The summed E-state index contributed by atoms with van der Waals surface area (Å²) in [5, 5.41) is 6.53. The first kappa shape index (κ1) is 15.5. The third-order valence-electron chi connectivity index (χ3n) is 4.38. The van der Waals surface area contributed by atoms with Crippen molar-refractivity contribution in [2.45, 2.75) is 65.3 Å². The molecule has 1 aliphatic heterocycles. The molecule has 1 rings (SSSR count). The van der Waals surface area contributed by atoms with Crippen molar-refractivity contribution < 1.29 is 4.79 Å². The second kappa shape index (κ2) is 8.52. The van der Waals surface area contributed by atoms with Crippen LogP contribution in [-0.4, -0.2) is 25.0 Å². The fourth-order valence-corrected chi connectivity index (χ4v) is 2.95. The average Bonchev–Trinajstić information content (AvgIpc) is 2.39. The molecule has 0 aromatic heterocycles. The van der Waals surface area contributed by atoms with Crippen LogP contribution in [0.1, 0.15) is 59.3 Å². The lowest BCUT2D eigenvalue weighted by Crippen LogP contribution is -2.38. The van der Waals surface area contributed by atoms with Crippen molar-refractivity contribution in [3.8, 4) is 0 Å². The van der Waals surface area contributed by atoms with E-state index in [1.54, 1.807) is 0 Å². The van der Waals surface area contributed by atoms with Crippen LogP contribution in [0.4, 0.5) is 0 Å². The molecule has 1 saturated heterocycles. The number of hydrogen-bond donors (Lipinski definition) is 2. The normalized spacial score (nSPS) is 18.9. The zero-order valence-corrected chi connectivity index (χ0v) is 12.3. The maximum Gasteiger partial charge on any atom is 0.220 e. The number of nitrogens with one attached hydrogen (secondary N) is 2. The van der Waals surface area contributed by atoms with Crippen molar-refractivity contribution in [3.63, 3.8) is 0 Å². The van der Waals surface area contributed by atoms with Gasteiger partial charge in [0, 0.05) is 12.5 Å². The largest absolute Gasteiger partial charge is 0.353 e. The van der Waals surface area contributed by atoms with Crippen molar-refractivity contribution >= 4 is 5.91 Å². The second-order valence-corrected chi connectivity index (χ2v) is 5.66. The molecule has 18 heavy (non-hydrogen) atoms. The van der Waals surface area contributed by atoms with Gasteiger partial charge in [-0.05, 0) is 51.1 Å². The number of piperidine rings is 1. The van der Waals surface area contributed by atoms with Crippen LogP contribution in [0.2, 0.25) is 0 Å². The Morgan fingerprint density at radius 2 is 1.89 bits per heavy atom. The molecule has 0 aromatic rings. The topological polar surface area (TPSA) is 41.1 Å². The molecule has 0 saturated carbocycles. The van der Waals surface area contributed by atoms with Gasteiger partial charge >= 0.3 is 0 Å². The average molecular weight is 254 g/mol. The van der Waals surface area contributed by atoms with Gasteiger partial charge in [0.1, 0.15) is 0 Å². The van der Waals surface area contributed by atoms with Crippen LogP contribution in [-0.2, 0) is 4.79 Å². The minimum absolute atomic E-state index is 0.243. The van der Waals surface area contributed by atoms with Crippen molar-refractivity contribution in [2.75, 3.05) is 13.1 Å². The van der Waals surface area contributed by atoms with E-state index in [9.17, 15) is 4.79 Å². The van der Waals surface area contributed by atoms with E-state index >= 15 is 0 Å². The van der Waals surface area contributed by atoms with E-state index in [0.717, 1.165) is 38.3 Å². The lowest BCUT2D eigenvalue weighted by molar-refractivity contribution is -0.122. The van der Waals surface area contributed by atoms with Gasteiger partial charge in [-0.25, -0.2) is 0 Å². The third kappa shape index (κ3) is 5.38. The van der Waals surface area contributed by atoms with E-state index in [4.69, 9.17) is 0 Å². The van der Waals surface area contributed by atoms with Gasteiger partial charge in [0.15, 0.2) is 0 Å². The van der Waals surface area contributed by atoms with Gasteiger partial charge in [0.25, 0.3) is 0 Å². The molecule has 2 N–H and O–H groups in total. The van der Waals surface area contributed by atoms with Crippen molar-refractivity contribution in [1.82, 2.24) is 10.6 Å². The molecule has 1 fully saturated rings. The number of hydrogen-bond acceptors (Lipinski definition) is 2. The van der Waals surface area contributed by atoms with Crippen molar-refractivity contribution in [1.29, 1.82) is 0 Å². The summed E-state index contributed by atoms with van der Waals surface area (Å²) in [5.74, 6) is 1.61. The number of carbonyl (C=O) groups excluding carboxylic acids is 1. The lowest BCUT2D eigenvalue weighted by atomic mass is 9.92. The molecule has 0 aromatic carbocycles. The Balaban J connectivity index is 2.19. The highest BCUT2D eigenvalue weighted by Crippen LogP contribution is 2.18. The maximum absolute atomic E-state index is 11.9. The van der Waals surface area contributed by atoms with Crippen LogP contribution in [0.25, 0.3) is 0 Å². The smallest absolute Gasteiger partial charge is 0.220 e. The Bertz CT molecular complexity index is 233. The summed E-state index contributed by atoms with van der Waals surface area (Å²) < 4.78 is 0. The molecule has 3 heteroatoms. The maximum atomic E-state index is 11.9. The summed E-state index contributed by atoms with van der Waals surface area (Å²) >= 11 is 0. The molecule has 1 heterocycles. The first-order valence-electron chi connectivity index (χ1n) is 7.67. The summed E-state index contributed by atoms with van der Waals surface area (Å²) in [6, 6.07) is 0.320. The minimum Gasteiger partial charge on any atom is -0.353 e. The first-order valence-corrected chi connectivity index (χ1v) is 7.67. The van der Waals surface area contributed by atoms with Gasteiger partial charge in [0.05, 0.1) is 0 Å². The van der Waals surface area contributed by atoms with E-state index < -0.39 is 0 Å². The third-order valence-corrected chi connectivity index (χ3v) is 4.38. The fraction of sp³-hybridized carbons (Fsp3) is 0.933. The van der Waals surface area contributed by atoms with Gasteiger partial charge < -0.3 is 10.6 Å². The number of rotatable bonds is 7. The molecule has 0 aliphatic carbocycles. The predicted molar refractivity (Wildman–Crippen MR) is 76.5 cm³/mol. The standard InChI is InChI=1S/C15H30N2O/c1-4-14(5-2)12(3)17-15(18)7-6-13-8-10-16-11-9-13/h12-14,16H,4-11H2,1-3H3,(H,17,18). The molecule has 106 valence electrons. The monoisotopic (exact) mass is 254 g/mol. The Kier molecular flexibility index (Phi) is 7.33. The highest BCUT2D eigenvalue weighted by atomic mass is 16.1. The zero-order valence-electron chi connectivity index (χ0n) is 12.3. The summed E-state index contributed by atoms with van der Waals surface area (Å²) in [5.41, 5.74) is 0. The zero-order chi connectivity index (χ0) is 13.4. The summed E-state index contributed by atoms with van der Waals surface area (Å²) in [7, 11) is 0. The van der Waals surface area contributed by atoms with Gasteiger partial charge in [-0.3, -0.25) is 4.79 Å². The highest BCUT2D eigenvalue weighted by Gasteiger charge is 2.18. The Hall–Kier alpha value is -0.570. The molecule has 1 unspecified atom stereocenters. The van der Waals surface area contributed by atoms with Crippen LogP contribution in [0.3, 0.4) is 0 Å². The predicted octanol–water partition coefficient (Wildman–Crippen LogP) is 2.71. The SMILES string of the molecule is CCC(CC)C(C)NC(=O)CCC1CCNCC1. The van der Waals surface area contributed by atoms with Crippen LogP contribution in [0, 0.1) is 11.8 Å². The quantitative estimate of drug-likeness (QED) is 0.733. The highest BCUT2D eigenvalue weighted by molar-refractivity contribution is 5.76. The van der Waals surface area contributed by atoms with Crippen molar-refractivity contribution in [2.24, 2.45) is 11.8 Å². The van der Waals surface area contributed by atoms with E-state index in [1.165, 1.54) is 12.8 Å². The Morgan fingerprint density at radius 1 is 1.28 bits per heavy atom. The fourth-order valence-electron chi connectivity index (χ4n) is 2.95. The molecule has 1 atom stereocenters. The Morgan fingerprint density at radius 3 is 2.44 bits per heavy atom. The van der Waals surface area contributed by atoms with E-state index in [0.29, 0.717) is 18.4 Å². The summed E-state index contributed by atoms with van der Waals surface area (Å²) in [4.78, 5) is 11.9. The van der Waals surface area contributed by atoms with Crippen LogP contribution >= 0.6 is 0 Å². The van der Waals surface area contributed by atoms with E-state index in [-0.39, 0.29) is 5.91 Å². The summed E-state index contributed by atoms with van der Waals surface area (Å²) in [6.07, 6.45) is 6.52. The van der Waals surface area contributed by atoms with E-state index in [2.05, 4.69) is 31.4 Å². The van der Waals surface area contributed by atoms with Crippen LogP contribution in [0.15, 0.2) is 0 Å². The van der Waals surface area contributed by atoms with Crippen LogP contribution < -0.4 is 10.6 Å². The van der Waals surface area contributed by atoms with Gasteiger partial charge in [-0.2, -0.15) is 0 Å². The molecule has 1 aliphatic rings. The molecule has 0 radical (unpaired) electrons. The minimum atomic E-state index is 0.243. The van der Waals surface area contributed by atoms with Crippen molar-refractivity contribution in [3.05, 3.63) is 0 Å². The number of amides is 1. The number of carbonyl (C=O) groups is 1. The molecular weight excluding hydrogens is 224 g/mol. The molecule has 3 nitrogen and oxygen atoms in total. The molecule has 1 amide bonds. The second-order valence-electron chi connectivity index (χ2n) is 5.66. The van der Waals surface area contributed by atoms with Gasteiger partial charge in [0.2, 0.25) is 5.91 Å². The summed E-state index contributed by atoms with van der Waals surface area (Å²) in [6.45, 7) is 8.78. The lowest BCUT2D eigenvalue weighted by Gasteiger charge is -2.24. The van der Waals surface area contributed by atoms with Gasteiger partial charge in [-0.15, -0.1) is 0 Å². The molecular formula is C15H30N2O. The molecule has 0 spiro atoms. The van der Waals surface area contributed by atoms with Crippen LogP contribution in [0.5, 0.6) is 0 Å². The first-order chi connectivity index (χ1) is 8.67. The Labute approximate surface area is 112 Å². The van der Waals surface area contributed by atoms with E-state index in [1.807, 2.05) is 0 Å². The molecule has 0 bridgehead atoms.